The molecule has 0 fully saturated rings. The van der Waals surface area contributed by atoms with Crippen LogP contribution < -0.4 is 0 Å². The van der Waals surface area contributed by atoms with Crippen LogP contribution in [0.3, 0.4) is 0 Å². The van der Waals surface area contributed by atoms with Gasteiger partial charge in [0, 0.05) is 19.3 Å². The molecule has 0 amide bonds. The van der Waals surface area contributed by atoms with Crippen LogP contribution in [0.25, 0.3) is 0 Å². The first-order valence-corrected chi connectivity index (χ1v) is 23.7. The topological polar surface area (TPSA) is 78.9 Å². The van der Waals surface area contributed by atoms with Crippen molar-refractivity contribution in [1.29, 1.82) is 0 Å². The van der Waals surface area contributed by atoms with Crippen LogP contribution in [-0.2, 0) is 28.6 Å². The highest BCUT2D eigenvalue weighted by Crippen LogP contribution is 2.13. The summed E-state index contributed by atoms with van der Waals surface area (Å²) in [6.07, 6.45) is 61.2. The van der Waals surface area contributed by atoms with Crippen molar-refractivity contribution in [2.45, 2.75) is 207 Å². The van der Waals surface area contributed by atoms with Gasteiger partial charge in [0.25, 0.3) is 0 Å². The number of allylic oxidation sites excluding steroid dienone is 16. The van der Waals surface area contributed by atoms with Crippen LogP contribution in [0.1, 0.15) is 201 Å². The maximum absolute atomic E-state index is 12.7. The average molecular weight is 819 g/mol. The van der Waals surface area contributed by atoms with Gasteiger partial charge < -0.3 is 14.2 Å². The molecule has 0 radical (unpaired) electrons. The number of carbonyl (C=O) groups is 3. The van der Waals surface area contributed by atoms with E-state index in [0.29, 0.717) is 19.3 Å². The zero-order valence-electron chi connectivity index (χ0n) is 38.0. The number of ether oxygens (including phenoxy) is 3. The minimum Gasteiger partial charge on any atom is -0.462 e. The molecule has 334 valence electrons. The van der Waals surface area contributed by atoms with Crippen molar-refractivity contribution in [3.63, 3.8) is 0 Å². The predicted octanol–water partition coefficient (Wildman–Crippen LogP) is 15.4. The molecule has 59 heavy (non-hydrogen) atoms. The molecule has 0 heterocycles. The summed E-state index contributed by atoms with van der Waals surface area (Å²) < 4.78 is 16.6. The van der Waals surface area contributed by atoms with Crippen LogP contribution in [0.15, 0.2) is 97.2 Å². The van der Waals surface area contributed by atoms with Crippen molar-refractivity contribution in [2.75, 3.05) is 13.2 Å². The lowest BCUT2D eigenvalue weighted by Gasteiger charge is -2.18. The van der Waals surface area contributed by atoms with Gasteiger partial charge in [0.2, 0.25) is 0 Å². The van der Waals surface area contributed by atoms with Crippen molar-refractivity contribution in [3.05, 3.63) is 97.2 Å². The smallest absolute Gasteiger partial charge is 0.306 e. The first kappa shape index (κ1) is 55.3. The van der Waals surface area contributed by atoms with E-state index in [1.807, 2.05) is 12.2 Å². The van der Waals surface area contributed by atoms with Crippen LogP contribution in [0.2, 0.25) is 0 Å². The van der Waals surface area contributed by atoms with E-state index < -0.39 is 6.10 Å². The van der Waals surface area contributed by atoms with Crippen LogP contribution in [0.5, 0.6) is 0 Å². The Kier molecular flexibility index (Phi) is 44.1. The molecule has 0 bridgehead atoms. The summed E-state index contributed by atoms with van der Waals surface area (Å²) >= 11 is 0. The SMILES string of the molecule is CC/C=C\C/C=C\C/C=C\C/C=C\C/C=C\CCC(=O)OCC(COC(=O)CCCCCCCCCCC)OC(=O)CCCCCCCC/C=C\C/C=C\C/C=C\CC. The molecule has 0 aliphatic heterocycles. The number of carbonyl (C=O) groups excluding carboxylic acids is 3. The Hall–Kier alpha value is -3.67. The summed E-state index contributed by atoms with van der Waals surface area (Å²) in [6.45, 7) is 6.29. The maximum atomic E-state index is 12.7. The van der Waals surface area contributed by atoms with Gasteiger partial charge >= 0.3 is 17.9 Å². The first-order valence-electron chi connectivity index (χ1n) is 23.7. The molecular weight excluding hydrogens is 733 g/mol. The summed E-state index contributed by atoms with van der Waals surface area (Å²) in [5.74, 6) is -1.02. The van der Waals surface area contributed by atoms with E-state index in [9.17, 15) is 14.4 Å². The summed E-state index contributed by atoms with van der Waals surface area (Å²) in [7, 11) is 0. The van der Waals surface area contributed by atoms with E-state index in [0.717, 1.165) is 103 Å². The highest BCUT2D eigenvalue weighted by molar-refractivity contribution is 5.71. The van der Waals surface area contributed by atoms with Crippen LogP contribution in [0, 0.1) is 0 Å². The third kappa shape index (κ3) is 45.3. The molecule has 1 atom stereocenters. The maximum Gasteiger partial charge on any atom is 0.306 e. The van der Waals surface area contributed by atoms with Gasteiger partial charge in [-0.15, -0.1) is 0 Å². The Labute approximate surface area is 362 Å². The van der Waals surface area contributed by atoms with E-state index in [4.69, 9.17) is 14.2 Å². The van der Waals surface area contributed by atoms with Crippen molar-refractivity contribution < 1.29 is 28.6 Å². The van der Waals surface area contributed by atoms with Crippen LogP contribution in [-0.4, -0.2) is 37.2 Å². The molecule has 0 rings (SSSR count). The second kappa shape index (κ2) is 47.0. The molecule has 0 aliphatic rings. The fourth-order valence-corrected chi connectivity index (χ4v) is 6.09. The van der Waals surface area contributed by atoms with Gasteiger partial charge in [-0.3, -0.25) is 14.4 Å². The van der Waals surface area contributed by atoms with E-state index >= 15 is 0 Å². The predicted molar refractivity (Wildman–Crippen MR) is 251 cm³/mol. The normalized spacial score (nSPS) is 12.9. The van der Waals surface area contributed by atoms with Gasteiger partial charge in [-0.25, -0.2) is 0 Å². The lowest BCUT2D eigenvalue weighted by molar-refractivity contribution is -0.166. The van der Waals surface area contributed by atoms with Gasteiger partial charge in [-0.1, -0.05) is 195 Å². The number of esters is 3. The van der Waals surface area contributed by atoms with Crippen LogP contribution >= 0.6 is 0 Å². The molecule has 0 saturated carbocycles. The van der Waals surface area contributed by atoms with Crippen molar-refractivity contribution >= 4 is 17.9 Å². The van der Waals surface area contributed by atoms with E-state index in [2.05, 4.69) is 106 Å². The van der Waals surface area contributed by atoms with E-state index in [1.54, 1.807) is 0 Å². The zero-order valence-corrected chi connectivity index (χ0v) is 38.0. The first-order chi connectivity index (χ1) is 29.0. The summed E-state index contributed by atoms with van der Waals surface area (Å²) in [6, 6.07) is 0. The second-order valence-electron chi connectivity index (χ2n) is 15.3. The summed E-state index contributed by atoms with van der Waals surface area (Å²) in [5, 5.41) is 0. The molecule has 0 aromatic rings. The fraction of sp³-hybridized carbons (Fsp3) is 0.642. The Morgan fingerprint density at radius 1 is 0.356 bits per heavy atom. The largest absolute Gasteiger partial charge is 0.462 e. The summed E-state index contributed by atoms with van der Waals surface area (Å²) in [5.41, 5.74) is 0. The zero-order chi connectivity index (χ0) is 43.0. The van der Waals surface area contributed by atoms with Crippen molar-refractivity contribution in [1.82, 2.24) is 0 Å². The molecular formula is C53H86O6. The number of hydrogen-bond donors (Lipinski definition) is 0. The van der Waals surface area contributed by atoms with Gasteiger partial charge in [0.1, 0.15) is 13.2 Å². The minimum absolute atomic E-state index is 0.106. The van der Waals surface area contributed by atoms with Gasteiger partial charge in [0.15, 0.2) is 6.10 Å². The average Bonchev–Trinajstić information content (AvgIpc) is 3.23. The lowest BCUT2D eigenvalue weighted by atomic mass is 10.1. The molecule has 6 heteroatoms. The fourth-order valence-electron chi connectivity index (χ4n) is 6.09. The minimum atomic E-state index is -0.811. The van der Waals surface area contributed by atoms with Gasteiger partial charge in [-0.2, -0.15) is 0 Å². The highest BCUT2D eigenvalue weighted by Gasteiger charge is 2.19. The molecule has 0 saturated heterocycles. The van der Waals surface area contributed by atoms with Crippen molar-refractivity contribution in [2.24, 2.45) is 0 Å². The van der Waals surface area contributed by atoms with E-state index in [-0.39, 0.29) is 37.5 Å². The Morgan fingerprint density at radius 3 is 1.14 bits per heavy atom. The monoisotopic (exact) mass is 819 g/mol. The second-order valence-corrected chi connectivity index (χ2v) is 15.3. The summed E-state index contributed by atoms with van der Waals surface area (Å²) in [4.78, 5) is 37.8. The number of hydrogen-bond acceptors (Lipinski definition) is 6. The molecule has 0 spiro atoms. The molecule has 0 aromatic carbocycles. The molecule has 0 aliphatic carbocycles. The third-order valence-electron chi connectivity index (χ3n) is 9.60. The van der Waals surface area contributed by atoms with E-state index in [1.165, 1.54) is 51.4 Å². The Morgan fingerprint density at radius 2 is 0.695 bits per heavy atom. The number of rotatable bonds is 41. The van der Waals surface area contributed by atoms with Crippen LogP contribution in [0.4, 0.5) is 0 Å². The number of unbranched alkanes of at least 4 members (excludes halogenated alkanes) is 14. The molecule has 6 nitrogen and oxygen atoms in total. The molecule has 0 aromatic heterocycles. The third-order valence-corrected chi connectivity index (χ3v) is 9.60. The highest BCUT2D eigenvalue weighted by atomic mass is 16.6. The standard InChI is InChI=1S/C53H86O6/c1-4-7-10-13-16-19-21-23-25-27-29-31-34-37-40-43-46-52(55)58-49-50(48-57-51(54)45-42-39-36-33-18-15-12-9-6-3)59-53(56)47-44-41-38-35-32-30-28-26-24-22-20-17-14-11-8-5-2/h7-8,10-11,16-17,19-20,23-26,29,31,37,40,50H,4-6,9,12-15,18,21-22,27-28,30,32-36,38-39,41-49H2,1-3H3/b10-7-,11-8-,19-16-,20-17-,25-23-,26-24-,31-29-,40-37-. The Balaban J connectivity index is 4.50. The van der Waals surface area contributed by atoms with Crippen molar-refractivity contribution in [3.8, 4) is 0 Å². The Bertz CT molecular complexity index is 1220. The lowest BCUT2D eigenvalue weighted by Crippen LogP contribution is -2.30. The van der Waals surface area contributed by atoms with Gasteiger partial charge in [0.05, 0.1) is 0 Å². The van der Waals surface area contributed by atoms with Gasteiger partial charge in [-0.05, 0) is 83.5 Å². The quantitative estimate of drug-likeness (QED) is 0.0265. The molecule has 0 N–H and O–H groups in total. The molecule has 1 unspecified atom stereocenters.